The first-order valence-electron chi connectivity index (χ1n) is 7.81. The molecule has 0 saturated carbocycles. The number of piperazine rings is 1. The predicted molar refractivity (Wildman–Crippen MR) is 89.8 cm³/mol. The minimum atomic E-state index is -0.470. The maximum Gasteiger partial charge on any atom is 0.411 e. The van der Waals surface area contributed by atoms with Crippen LogP contribution in [0.3, 0.4) is 0 Å². The number of halogens is 1. The lowest BCUT2D eigenvalue weighted by Gasteiger charge is -2.45. The lowest BCUT2D eigenvalue weighted by molar-refractivity contribution is -0.0114. The van der Waals surface area contributed by atoms with Crippen LogP contribution in [0.25, 0.3) is 0 Å². The van der Waals surface area contributed by atoms with E-state index in [1.807, 2.05) is 37.8 Å². The van der Waals surface area contributed by atoms with Gasteiger partial charge < -0.3 is 10.1 Å². The molecule has 2 fully saturated rings. The number of fused-ring (bicyclic) bond motifs is 2. The number of ether oxygens (including phenoxy) is 1. The summed E-state index contributed by atoms with van der Waals surface area (Å²) in [5.41, 5.74) is 0.421. The van der Waals surface area contributed by atoms with Crippen molar-refractivity contribution in [3.63, 3.8) is 0 Å². The van der Waals surface area contributed by atoms with Crippen LogP contribution >= 0.6 is 15.9 Å². The number of nitrogens with one attached hydrogen (secondary N) is 1. The van der Waals surface area contributed by atoms with E-state index in [2.05, 4.69) is 33.4 Å². The Hall–Kier alpha value is -1.07. The van der Waals surface area contributed by atoms with Crippen LogP contribution in [0.2, 0.25) is 0 Å². The Labute approximate surface area is 140 Å². The molecular formula is C17H23BrN2O2. The minimum Gasteiger partial charge on any atom is -0.444 e. The summed E-state index contributed by atoms with van der Waals surface area (Å²) >= 11 is 3.48. The zero-order valence-corrected chi connectivity index (χ0v) is 14.9. The lowest BCUT2D eigenvalue weighted by atomic mass is 9.87. The van der Waals surface area contributed by atoms with Crippen LogP contribution in [0.4, 0.5) is 4.79 Å². The summed E-state index contributed by atoms with van der Waals surface area (Å²) < 4.78 is 6.73. The molecule has 1 aromatic rings. The Balaban J connectivity index is 1.96. The molecule has 2 heterocycles. The highest BCUT2D eigenvalue weighted by molar-refractivity contribution is 9.10. The Morgan fingerprint density at radius 2 is 2.05 bits per heavy atom. The van der Waals surface area contributed by atoms with Gasteiger partial charge in [-0.05, 0) is 51.3 Å². The summed E-state index contributed by atoms with van der Waals surface area (Å²) in [7, 11) is 0. The predicted octanol–water partition coefficient (Wildman–Crippen LogP) is 3.65. The molecule has 2 unspecified atom stereocenters. The van der Waals surface area contributed by atoms with Crippen LogP contribution in [-0.2, 0) is 10.3 Å². The van der Waals surface area contributed by atoms with Crippen molar-refractivity contribution in [1.82, 2.24) is 10.2 Å². The third kappa shape index (κ3) is 2.76. The molecule has 1 amide bonds. The van der Waals surface area contributed by atoms with E-state index in [0.717, 1.165) is 30.4 Å². The molecule has 0 radical (unpaired) electrons. The van der Waals surface area contributed by atoms with E-state index in [-0.39, 0.29) is 17.7 Å². The van der Waals surface area contributed by atoms with Crippen LogP contribution in [0.5, 0.6) is 0 Å². The topological polar surface area (TPSA) is 41.6 Å². The number of carbonyl (C=O) groups excluding carboxylic acids is 1. The van der Waals surface area contributed by atoms with E-state index in [1.54, 1.807) is 0 Å². The quantitative estimate of drug-likeness (QED) is 0.824. The van der Waals surface area contributed by atoms with Crippen molar-refractivity contribution in [3.05, 3.63) is 34.3 Å². The number of amides is 1. The van der Waals surface area contributed by atoms with E-state index in [9.17, 15) is 4.79 Å². The van der Waals surface area contributed by atoms with Gasteiger partial charge in [-0.3, -0.25) is 4.90 Å². The Morgan fingerprint density at radius 1 is 1.36 bits per heavy atom. The molecule has 3 rings (SSSR count). The Kier molecular flexibility index (Phi) is 3.98. The maximum absolute atomic E-state index is 12.8. The zero-order valence-electron chi connectivity index (χ0n) is 13.4. The number of hydrogen-bond acceptors (Lipinski definition) is 3. The van der Waals surface area contributed by atoms with Crippen molar-refractivity contribution < 1.29 is 9.53 Å². The summed E-state index contributed by atoms with van der Waals surface area (Å²) in [6, 6.07) is 8.51. The summed E-state index contributed by atoms with van der Waals surface area (Å²) in [6.45, 7) is 7.38. The molecule has 4 nitrogen and oxygen atoms in total. The molecule has 1 aromatic carbocycles. The molecule has 2 atom stereocenters. The number of hydrogen-bond donors (Lipinski definition) is 1. The molecule has 2 saturated heterocycles. The van der Waals surface area contributed by atoms with Crippen molar-refractivity contribution in [2.45, 2.75) is 50.8 Å². The van der Waals surface area contributed by atoms with Crippen LogP contribution in [0.1, 0.15) is 39.2 Å². The van der Waals surface area contributed by atoms with Gasteiger partial charge in [0.05, 0.1) is 5.54 Å². The van der Waals surface area contributed by atoms with Gasteiger partial charge in [0.1, 0.15) is 5.60 Å². The standard InChI is InChI=1S/C17H23BrN2O2/c1-16(2,3)22-15(21)20-14-8-9-17(20,11-19-10-14)12-4-6-13(18)7-5-12/h4-7,14,19H,8-11H2,1-3H3. The van der Waals surface area contributed by atoms with Crippen molar-refractivity contribution in [2.75, 3.05) is 13.1 Å². The first kappa shape index (κ1) is 15.8. The van der Waals surface area contributed by atoms with Crippen molar-refractivity contribution >= 4 is 22.0 Å². The van der Waals surface area contributed by atoms with Gasteiger partial charge in [0.15, 0.2) is 0 Å². The monoisotopic (exact) mass is 366 g/mol. The van der Waals surface area contributed by atoms with Gasteiger partial charge in [0.2, 0.25) is 0 Å². The fourth-order valence-corrected chi connectivity index (χ4v) is 3.86. The van der Waals surface area contributed by atoms with Crippen LogP contribution in [-0.4, -0.2) is 35.7 Å². The van der Waals surface area contributed by atoms with Gasteiger partial charge in [0.25, 0.3) is 0 Å². The van der Waals surface area contributed by atoms with E-state index < -0.39 is 5.60 Å². The lowest BCUT2D eigenvalue weighted by Crippen LogP contribution is -2.61. The van der Waals surface area contributed by atoms with Gasteiger partial charge in [-0.15, -0.1) is 0 Å². The summed E-state index contributed by atoms with van der Waals surface area (Å²) in [4.78, 5) is 14.8. The first-order valence-corrected chi connectivity index (χ1v) is 8.60. The molecule has 0 spiro atoms. The normalized spacial score (nSPS) is 27.8. The smallest absolute Gasteiger partial charge is 0.411 e. The SMILES string of the molecule is CC(C)(C)OC(=O)N1C2CCC1(c1ccc(Br)cc1)CNC2. The van der Waals surface area contributed by atoms with Gasteiger partial charge in [-0.2, -0.15) is 0 Å². The molecule has 120 valence electrons. The van der Waals surface area contributed by atoms with Gasteiger partial charge in [0, 0.05) is 23.6 Å². The fourth-order valence-electron chi connectivity index (χ4n) is 3.60. The first-order chi connectivity index (χ1) is 10.3. The van der Waals surface area contributed by atoms with Gasteiger partial charge >= 0.3 is 6.09 Å². The second-order valence-electron chi connectivity index (χ2n) is 7.21. The minimum absolute atomic E-state index is 0.195. The molecular weight excluding hydrogens is 344 g/mol. The molecule has 2 aliphatic rings. The molecule has 5 heteroatoms. The van der Waals surface area contributed by atoms with E-state index in [4.69, 9.17) is 4.74 Å². The Bertz CT molecular complexity index is 563. The van der Waals surface area contributed by atoms with Crippen molar-refractivity contribution in [1.29, 1.82) is 0 Å². The Morgan fingerprint density at radius 3 is 2.68 bits per heavy atom. The summed E-state index contributed by atoms with van der Waals surface area (Å²) in [6.07, 6.45) is 1.80. The molecule has 1 N–H and O–H groups in total. The maximum atomic E-state index is 12.8. The average Bonchev–Trinajstić information content (AvgIpc) is 2.66. The van der Waals surface area contributed by atoms with Crippen LogP contribution in [0, 0.1) is 0 Å². The number of rotatable bonds is 1. The molecule has 0 aromatic heterocycles. The van der Waals surface area contributed by atoms with Crippen molar-refractivity contribution in [2.24, 2.45) is 0 Å². The van der Waals surface area contributed by atoms with Crippen molar-refractivity contribution in [3.8, 4) is 0 Å². The number of nitrogens with zero attached hydrogens (tertiary/aromatic N) is 1. The van der Waals surface area contributed by atoms with Gasteiger partial charge in [-0.25, -0.2) is 4.79 Å². The second-order valence-corrected chi connectivity index (χ2v) is 8.13. The molecule has 2 bridgehead atoms. The van der Waals surface area contributed by atoms with Gasteiger partial charge in [-0.1, -0.05) is 28.1 Å². The van der Waals surface area contributed by atoms with E-state index in [1.165, 1.54) is 5.56 Å². The highest BCUT2D eigenvalue weighted by Gasteiger charge is 2.53. The number of carbonyl (C=O) groups is 1. The molecule has 2 aliphatic heterocycles. The van der Waals surface area contributed by atoms with Crippen LogP contribution in [0.15, 0.2) is 28.7 Å². The second kappa shape index (κ2) is 5.53. The third-order valence-corrected chi connectivity index (χ3v) is 5.02. The van der Waals surface area contributed by atoms with Crippen LogP contribution < -0.4 is 5.32 Å². The largest absolute Gasteiger partial charge is 0.444 e. The zero-order chi connectivity index (χ0) is 16.0. The highest BCUT2D eigenvalue weighted by Crippen LogP contribution is 2.44. The fraction of sp³-hybridized carbons (Fsp3) is 0.588. The highest BCUT2D eigenvalue weighted by atomic mass is 79.9. The van der Waals surface area contributed by atoms with E-state index >= 15 is 0 Å². The van der Waals surface area contributed by atoms with E-state index in [0.29, 0.717) is 0 Å². The third-order valence-electron chi connectivity index (χ3n) is 4.49. The summed E-state index contributed by atoms with van der Waals surface area (Å²) in [5, 5.41) is 3.49. The molecule has 0 aliphatic carbocycles. The average molecular weight is 367 g/mol. The number of benzene rings is 1. The summed E-state index contributed by atoms with van der Waals surface area (Å²) in [5.74, 6) is 0. The molecule has 22 heavy (non-hydrogen) atoms.